The smallest absolute Gasteiger partial charge is 0.0479 e. The van der Waals surface area contributed by atoms with E-state index in [1.807, 2.05) is 0 Å². The van der Waals surface area contributed by atoms with Gasteiger partial charge in [0.05, 0.1) is 0 Å². The van der Waals surface area contributed by atoms with Gasteiger partial charge in [-0.2, -0.15) is 0 Å². The second-order valence-electron chi connectivity index (χ2n) is 4.12. The van der Waals surface area contributed by atoms with Gasteiger partial charge in [-0.15, -0.1) is 0 Å². The average Bonchev–Trinajstić information content (AvgIpc) is 2.14. The van der Waals surface area contributed by atoms with E-state index in [2.05, 4.69) is 6.92 Å². The summed E-state index contributed by atoms with van der Waals surface area (Å²) in [6.07, 6.45) is 10.6. The van der Waals surface area contributed by atoms with Crippen molar-refractivity contribution >= 4 is 8.80 Å². The van der Waals surface area contributed by atoms with Crippen molar-refractivity contribution in [2.24, 2.45) is 0 Å². The van der Waals surface area contributed by atoms with Gasteiger partial charge in [-0.1, -0.05) is 70.0 Å². The van der Waals surface area contributed by atoms with Gasteiger partial charge in [0, 0.05) is 8.80 Å². The van der Waals surface area contributed by atoms with Crippen LogP contribution in [-0.4, -0.2) is 8.80 Å². The quantitative estimate of drug-likeness (QED) is 0.441. The first-order valence-corrected chi connectivity index (χ1v) is 7.89. The summed E-state index contributed by atoms with van der Waals surface area (Å²) in [6.45, 7) is 2.30. The van der Waals surface area contributed by atoms with Crippen LogP contribution < -0.4 is 0 Å². The van der Waals surface area contributed by atoms with E-state index >= 15 is 0 Å². The lowest BCUT2D eigenvalue weighted by molar-refractivity contribution is 0.680. The van der Waals surface area contributed by atoms with E-state index in [-0.39, 0.29) is 8.80 Å². The van der Waals surface area contributed by atoms with Crippen LogP contribution in [0.25, 0.3) is 0 Å². The largest absolute Gasteiger partial charge is 0.0654 e. The summed E-state index contributed by atoms with van der Waals surface area (Å²) < 4.78 is 0. The molecule has 0 N–H and O–H groups in total. The van der Waals surface area contributed by atoms with Crippen molar-refractivity contribution < 1.29 is 0 Å². The van der Waals surface area contributed by atoms with Gasteiger partial charge < -0.3 is 0 Å². The number of rotatable bonds is 5. The molecule has 12 heavy (non-hydrogen) atoms. The molecule has 0 nitrogen and oxygen atoms in total. The molecule has 1 aliphatic heterocycles. The van der Waals surface area contributed by atoms with Crippen molar-refractivity contribution in [3.05, 3.63) is 0 Å². The van der Waals surface area contributed by atoms with Crippen molar-refractivity contribution in [1.29, 1.82) is 0 Å². The topological polar surface area (TPSA) is 0 Å². The van der Waals surface area contributed by atoms with E-state index in [4.69, 9.17) is 0 Å². The molecule has 71 valence electrons. The van der Waals surface area contributed by atoms with E-state index in [1.165, 1.54) is 25.7 Å². The van der Waals surface area contributed by atoms with Gasteiger partial charge in [0.25, 0.3) is 0 Å². The van der Waals surface area contributed by atoms with Crippen LogP contribution in [0.5, 0.6) is 0 Å². The Morgan fingerprint density at radius 3 is 2.33 bits per heavy atom. The third-order valence-corrected chi connectivity index (χ3v) is 6.13. The Morgan fingerprint density at radius 1 is 0.917 bits per heavy atom. The Hall–Kier alpha value is 0.217. The van der Waals surface area contributed by atoms with Crippen molar-refractivity contribution in [1.82, 2.24) is 0 Å². The Balaban J connectivity index is 1.91. The monoisotopic (exact) mass is 183 g/mol. The second-order valence-corrected chi connectivity index (χ2v) is 7.12. The fourth-order valence-electron chi connectivity index (χ4n) is 2.10. The highest BCUT2D eigenvalue weighted by Gasteiger charge is 2.13. The van der Waals surface area contributed by atoms with Crippen molar-refractivity contribution in [3.8, 4) is 0 Å². The lowest BCUT2D eigenvalue weighted by Crippen LogP contribution is -2.15. The maximum atomic E-state index is 2.30. The van der Waals surface area contributed by atoms with Gasteiger partial charge in [-0.25, -0.2) is 0 Å². The summed E-state index contributed by atoms with van der Waals surface area (Å²) >= 11 is 0. The summed E-state index contributed by atoms with van der Waals surface area (Å²) in [7, 11) is 0.171. The van der Waals surface area contributed by atoms with Crippen LogP contribution in [0.15, 0.2) is 0 Å². The molecule has 0 bridgehead atoms. The predicted molar refractivity (Wildman–Crippen MR) is 58.2 cm³/mol. The average molecular weight is 183 g/mol. The summed E-state index contributed by atoms with van der Waals surface area (Å²) in [5.74, 6) is 0. The molecule has 0 amide bonds. The molecule has 0 atom stereocenters. The minimum absolute atomic E-state index is 0.171. The molecule has 1 radical (unpaired) electrons. The highest BCUT2D eigenvalue weighted by atomic mass is 28.3. The maximum absolute atomic E-state index is 2.30. The van der Waals surface area contributed by atoms with Gasteiger partial charge >= 0.3 is 0 Å². The van der Waals surface area contributed by atoms with E-state index in [1.54, 1.807) is 37.4 Å². The molecule has 1 saturated heterocycles. The van der Waals surface area contributed by atoms with Crippen LogP contribution >= 0.6 is 0 Å². The van der Waals surface area contributed by atoms with Gasteiger partial charge in [-0.3, -0.25) is 0 Å². The molecule has 0 aliphatic carbocycles. The minimum atomic E-state index is 0.171. The molecule has 0 aromatic rings. The van der Waals surface area contributed by atoms with E-state index in [0.29, 0.717) is 0 Å². The molecule has 1 rings (SSSR count). The summed E-state index contributed by atoms with van der Waals surface area (Å²) in [5.41, 5.74) is 0. The first-order valence-electron chi connectivity index (χ1n) is 5.77. The molecular weight excluding hydrogens is 160 g/mol. The van der Waals surface area contributed by atoms with Crippen LogP contribution in [0, 0.1) is 0 Å². The van der Waals surface area contributed by atoms with Gasteiger partial charge in [0.1, 0.15) is 0 Å². The SMILES string of the molecule is CCCCCC[Si]1CCCCC1. The molecule has 0 saturated carbocycles. The van der Waals surface area contributed by atoms with E-state index < -0.39 is 0 Å². The number of hydrogen-bond acceptors (Lipinski definition) is 0. The molecule has 0 aromatic carbocycles. The summed E-state index contributed by atoms with van der Waals surface area (Å²) in [5, 5.41) is 0. The zero-order valence-corrected chi connectivity index (χ0v) is 9.57. The second kappa shape index (κ2) is 6.70. The zero-order chi connectivity index (χ0) is 8.65. The van der Waals surface area contributed by atoms with Crippen molar-refractivity contribution in [2.75, 3.05) is 0 Å². The molecule has 0 unspecified atom stereocenters. The molecule has 0 aromatic heterocycles. The Morgan fingerprint density at radius 2 is 1.67 bits per heavy atom. The maximum Gasteiger partial charge on any atom is 0.0479 e. The highest BCUT2D eigenvalue weighted by Crippen LogP contribution is 2.23. The highest BCUT2D eigenvalue weighted by molar-refractivity contribution is 6.58. The predicted octanol–water partition coefficient (Wildman–Crippen LogP) is 4.25. The summed E-state index contributed by atoms with van der Waals surface area (Å²) in [4.78, 5) is 0. The molecule has 0 spiro atoms. The van der Waals surface area contributed by atoms with Crippen molar-refractivity contribution in [2.45, 2.75) is 70.0 Å². The van der Waals surface area contributed by atoms with Crippen LogP contribution in [0.4, 0.5) is 0 Å². The Bertz CT molecular complexity index is 95.2. The molecule has 1 heterocycles. The first kappa shape index (κ1) is 10.3. The fourth-order valence-corrected chi connectivity index (χ4v) is 5.10. The number of hydrogen-bond donors (Lipinski definition) is 0. The minimum Gasteiger partial charge on any atom is -0.0654 e. The summed E-state index contributed by atoms with van der Waals surface area (Å²) in [6, 6.07) is 4.90. The normalized spacial score (nSPS) is 19.8. The van der Waals surface area contributed by atoms with E-state index in [0.717, 1.165) is 0 Å². The molecule has 1 heteroatoms. The van der Waals surface area contributed by atoms with Gasteiger partial charge in [-0.05, 0) is 0 Å². The standard InChI is InChI=1S/C11H23Si/c1-2-3-4-6-9-12-10-7-5-8-11-12/h2-11H2,1H3. The third-order valence-electron chi connectivity index (χ3n) is 2.94. The number of unbranched alkanes of at least 4 members (excludes halogenated alkanes) is 3. The first-order chi connectivity index (χ1) is 5.93. The van der Waals surface area contributed by atoms with Crippen molar-refractivity contribution in [3.63, 3.8) is 0 Å². The molecule has 1 aliphatic rings. The van der Waals surface area contributed by atoms with Crippen LogP contribution in [0.1, 0.15) is 51.9 Å². The molecule has 1 fully saturated rings. The van der Waals surface area contributed by atoms with Crippen LogP contribution in [0.2, 0.25) is 18.1 Å². The molecular formula is C11H23Si. The zero-order valence-electron chi connectivity index (χ0n) is 8.57. The third kappa shape index (κ3) is 4.29. The van der Waals surface area contributed by atoms with Gasteiger partial charge in [0.2, 0.25) is 0 Å². The Kier molecular flexibility index (Phi) is 5.75. The van der Waals surface area contributed by atoms with Crippen LogP contribution in [0.3, 0.4) is 0 Å². The lowest BCUT2D eigenvalue weighted by Gasteiger charge is -2.19. The van der Waals surface area contributed by atoms with Crippen LogP contribution in [-0.2, 0) is 0 Å². The lowest BCUT2D eigenvalue weighted by atomic mass is 10.2. The Labute approximate surface area is 79.4 Å². The van der Waals surface area contributed by atoms with E-state index in [9.17, 15) is 0 Å². The fraction of sp³-hybridized carbons (Fsp3) is 1.00. The van der Waals surface area contributed by atoms with Gasteiger partial charge in [0.15, 0.2) is 0 Å².